The van der Waals surface area contributed by atoms with Crippen LogP contribution in [0.5, 0.6) is 5.75 Å². The molecule has 0 bridgehead atoms. The van der Waals surface area contributed by atoms with Crippen LogP contribution in [0.15, 0.2) is 12.1 Å². The Kier molecular flexibility index (Phi) is 7.27. The molecule has 3 nitrogen and oxygen atoms in total. The molecule has 104 valence electrons. The van der Waals surface area contributed by atoms with Gasteiger partial charge in [0, 0.05) is 5.56 Å². The van der Waals surface area contributed by atoms with Crippen LogP contribution in [0.4, 0.5) is 16.8 Å². The van der Waals surface area contributed by atoms with E-state index in [4.69, 9.17) is 6.42 Å². The molecule has 0 aliphatic rings. The minimum atomic E-state index is -5.33. The molecule has 0 fully saturated rings. The third-order valence-corrected chi connectivity index (χ3v) is 2.65. The first kappa shape index (κ1) is 20.0. The Morgan fingerprint density at radius 2 is 1.90 bits per heavy atom. The fourth-order valence-electron chi connectivity index (χ4n) is 1.48. The van der Waals surface area contributed by atoms with Crippen molar-refractivity contribution in [2.45, 2.75) is 13.2 Å². The van der Waals surface area contributed by atoms with E-state index < -0.39 is 29.6 Å². The average molecular weight is 334 g/mol. The zero-order chi connectivity index (χ0) is 14.8. The Bertz CT molecular complexity index is 637. The molecular formula is C10H8BF4KO3S. The van der Waals surface area contributed by atoms with Gasteiger partial charge in [-0.3, -0.25) is 0 Å². The molecule has 0 amide bonds. The van der Waals surface area contributed by atoms with Crippen molar-refractivity contribution in [1.82, 2.24) is 0 Å². The van der Waals surface area contributed by atoms with Gasteiger partial charge in [-0.05, 0) is 24.6 Å². The molecule has 0 saturated carbocycles. The topological polar surface area (TPSA) is 43.4 Å². The van der Waals surface area contributed by atoms with Crippen LogP contribution in [-0.4, -0.2) is 15.4 Å². The van der Waals surface area contributed by atoms with Gasteiger partial charge in [0.2, 0.25) is 0 Å². The minimum Gasteiger partial charge on any atom is -0.449 e. The summed E-state index contributed by atoms with van der Waals surface area (Å²) in [5.74, 6) is 1.50. The average Bonchev–Trinajstić information content (AvgIpc) is 2.19. The molecule has 10 heteroatoms. The van der Waals surface area contributed by atoms with E-state index >= 15 is 0 Å². The van der Waals surface area contributed by atoms with Gasteiger partial charge in [-0.25, -0.2) is 0 Å². The first-order valence-corrected chi connectivity index (χ1v) is 6.28. The van der Waals surface area contributed by atoms with E-state index in [9.17, 15) is 25.3 Å². The van der Waals surface area contributed by atoms with E-state index in [1.54, 1.807) is 0 Å². The van der Waals surface area contributed by atoms with Gasteiger partial charge in [-0.15, -0.1) is 6.42 Å². The van der Waals surface area contributed by atoms with E-state index in [0.717, 1.165) is 12.1 Å². The summed E-state index contributed by atoms with van der Waals surface area (Å²) < 4.78 is 74.4. The molecular weight excluding hydrogens is 326 g/mol. The van der Waals surface area contributed by atoms with Crippen LogP contribution >= 0.6 is 0 Å². The Labute approximate surface area is 157 Å². The van der Waals surface area contributed by atoms with Crippen LogP contribution in [0, 0.1) is 19.3 Å². The maximum atomic E-state index is 12.4. The summed E-state index contributed by atoms with van der Waals surface area (Å²) in [6, 6.07) is 2.07. The monoisotopic (exact) mass is 334 g/mol. The predicted octanol–water partition coefficient (Wildman–Crippen LogP) is -0.497. The third-order valence-electron chi connectivity index (χ3n) is 2.27. The molecule has 0 unspecified atom stereocenters. The van der Waals surface area contributed by atoms with Crippen LogP contribution < -0.4 is 55.6 Å². The van der Waals surface area contributed by atoms with E-state index in [1.165, 1.54) is 6.92 Å². The largest absolute Gasteiger partial charge is 1.00 e. The van der Waals surface area contributed by atoms with E-state index in [2.05, 4.69) is 4.18 Å². The molecule has 0 aliphatic carbocycles. The fourth-order valence-corrected chi connectivity index (χ4v) is 1.87. The summed E-state index contributed by atoms with van der Waals surface area (Å²) >= 11 is 0. The second-order valence-electron chi connectivity index (χ2n) is 3.79. The summed E-state index contributed by atoms with van der Waals surface area (Å²) in [4.78, 5) is 0. The van der Waals surface area contributed by atoms with Crippen molar-refractivity contribution >= 4 is 17.5 Å². The van der Waals surface area contributed by atoms with Crippen LogP contribution in [0.1, 0.15) is 16.7 Å². The number of rotatable bonds is 4. The van der Waals surface area contributed by atoms with E-state index in [1.807, 2.05) is 5.92 Å². The quantitative estimate of drug-likeness (QED) is 0.323. The molecule has 1 rings (SSSR count). The molecule has 0 aromatic heterocycles. The van der Waals surface area contributed by atoms with Crippen LogP contribution in [0.2, 0.25) is 0 Å². The van der Waals surface area contributed by atoms with Crippen molar-refractivity contribution in [3.63, 3.8) is 0 Å². The Balaban J connectivity index is 0.00000361. The van der Waals surface area contributed by atoms with E-state index in [0.29, 0.717) is 0 Å². The fraction of sp³-hybridized carbons (Fsp3) is 0.200. The van der Waals surface area contributed by atoms with Gasteiger partial charge in [-0.2, -0.15) is 8.42 Å². The Morgan fingerprint density at radius 3 is 2.30 bits per heavy atom. The number of hydrogen-bond donors (Lipinski definition) is 0. The van der Waals surface area contributed by atoms with Gasteiger partial charge in [0.25, 0.3) is 0 Å². The van der Waals surface area contributed by atoms with Crippen molar-refractivity contribution in [1.29, 1.82) is 0 Å². The summed E-state index contributed by atoms with van der Waals surface area (Å²) in [7, 11) is -5.33. The van der Waals surface area contributed by atoms with Crippen molar-refractivity contribution < 1.29 is 80.8 Å². The zero-order valence-electron chi connectivity index (χ0n) is 10.7. The molecule has 0 N–H and O–H groups in total. The SMILES string of the molecule is C#Cc1cc(C[B-](F)(F)F)c(C)c(OS(=O)(=O)F)c1.[K+]. The second kappa shape index (κ2) is 7.29. The normalized spacial score (nSPS) is 11.4. The second-order valence-corrected chi connectivity index (χ2v) is 4.75. The van der Waals surface area contributed by atoms with E-state index in [-0.39, 0.29) is 68.1 Å². The van der Waals surface area contributed by atoms with Gasteiger partial charge in [-0.1, -0.05) is 21.7 Å². The number of halogens is 4. The van der Waals surface area contributed by atoms with Gasteiger partial charge in [0.1, 0.15) is 5.75 Å². The van der Waals surface area contributed by atoms with Crippen LogP contribution in [-0.2, 0) is 16.8 Å². The predicted molar refractivity (Wildman–Crippen MR) is 62.6 cm³/mol. The maximum absolute atomic E-state index is 12.4. The first-order valence-electron chi connectivity index (χ1n) is 4.97. The first-order chi connectivity index (χ1) is 8.52. The number of benzene rings is 1. The summed E-state index contributed by atoms with van der Waals surface area (Å²) in [5.41, 5.74) is -0.402. The Morgan fingerprint density at radius 1 is 1.35 bits per heavy atom. The molecule has 0 atom stereocenters. The Hall–Kier alpha value is -0.0487. The number of terminal acetylenes is 1. The summed E-state index contributed by atoms with van der Waals surface area (Å²) in [5, 5.41) is 0. The minimum absolute atomic E-state index is 0. The van der Waals surface area contributed by atoms with Crippen molar-refractivity contribution in [2.24, 2.45) is 0 Å². The summed E-state index contributed by atoms with van der Waals surface area (Å²) in [6.07, 6.45) is 3.78. The molecule has 0 aliphatic heterocycles. The van der Waals surface area contributed by atoms with Crippen LogP contribution in [0.3, 0.4) is 0 Å². The summed E-state index contributed by atoms with van der Waals surface area (Å²) in [6.45, 7) is -3.95. The van der Waals surface area contributed by atoms with Gasteiger partial charge in [0.05, 0.1) is 0 Å². The van der Waals surface area contributed by atoms with Crippen LogP contribution in [0.25, 0.3) is 0 Å². The van der Waals surface area contributed by atoms with Crippen molar-refractivity contribution in [3.8, 4) is 18.1 Å². The molecule has 0 saturated heterocycles. The molecule has 20 heavy (non-hydrogen) atoms. The molecule has 0 heterocycles. The molecule has 1 aromatic rings. The molecule has 1 aromatic carbocycles. The molecule has 0 spiro atoms. The maximum Gasteiger partial charge on any atom is 1.00 e. The van der Waals surface area contributed by atoms with Crippen molar-refractivity contribution in [2.75, 3.05) is 0 Å². The number of hydrogen-bond acceptors (Lipinski definition) is 3. The standard InChI is InChI=1S/C10H8BF4O3S.K/c1-3-8-4-9(6-11(12,13)14)7(2)10(5-8)18-19(15,16)17;/h1,4-5H,6H2,2H3;/q-1;+1. The molecule has 0 radical (unpaired) electrons. The van der Waals surface area contributed by atoms with Gasteiger partial charge >= 0.3 is 68.9 Å². The zero-order valence-corrected chi connectivity index (χ0v) is 14.6. The van der Waals surface area contributed by atoms with Crippen molar-refractivity contribution in [3.05, 3.63) is 28.8 Å². The third kappa shape index (κ3) is 6.60. The van der Waals surface area contributed by atoms with Gasteiger partial charge < -0.3 is 17.1 Å². The van der Waals surface area contributed by atoms with Gasteiger partial charge in [0.15, 0.2) is 0 Å². The smallest absolute Gasteiger partial charge is 0.449 e.